The van der Waals surface area contributed by atoms with E-state index in [4.69, 9.17) is 10.6 Å². The van der Waals surface area contributed by atoms with E-state index >= 15 is 0 Å². The summed E-state index contributed by atoms with van der Waals surface area (Å²) in [5, 5.41) is 3.09. The number of amides is 3. The number of nitrogens with zero attached hydrogens (tertiary/aromatic N) is 1. The number of likely N-dealkylation sites (tertiary alicyclic amines) is 1. The van der Waals surface area contributed by atoms with E-state index < -0.39 is 11.9 Å². The van der Waals surface area contributed by atoms with Crippen molar-refractivity contribution in [1.29, 1.82) is 0 Å². The first-order chi connectivity index (χ1) is 22.7. The van der Waals surface area contributed by atoms with Crippen LogP contribution in [0.25, 0.3) is 10.2 Å². The summed E-state index contributed by atoms with van der Waals surface area (Å²) in [5.74, 6) is 0.189. The molecule has 254 valence electrons. The highest BCUT2D eigenvalue weighted by Gasteiger charge is 2.44. The van der Waals surface area contributed by atoms with Crippen LogP contribution in [0.5, 0.6) is 0 Å². The summed E-state index contributed by atoms with van der Waals surface area (Å²) >= 11 is 1.24. The number of hydroxylamine groups is 1. The number of hydrogen-bond acceptors (Lipinski definition) is 7. The summed E-state index contributed by atoms with van der Waals surface area (Å²) < 4.78 is 1.02. The van der Waals surface area contributed by atoms with Gasteiger partial charge in [-0.15, -0.1) is 0 Å². The number of nitrogens with two attached hydrogens (primary N) is 1. The van der Waals surface area contributed by atoms with Crippen LogP contribution >= 0.6 is 11.3 Å². The second kappa shape index (κ2) is 17.9. The average molecular weight is 664 g/mol. The van der Waals surface area contributed by atoms with Crippen molar-refractivity contribution in [2.24, 2.45) is 17.6 Å². The first kappa shape index (κ1) is 36.0. The number of nitrogens with one attached hydrogen (secondary N) is 3. The third kappa shape index (κ3) is 12.1. The van der Waals surface area contributed by atoms with Crippen LogP contribution < -0.4 is 21.4 Å². The predicted molar refractivity (Wildman–Crippen MR) is 186 cm³/mol. The molecule has 0 radical (unpaired) electrons. The van der Waals surface area contributed by atoms with Gasteiger partial charge in [0.05, 0.1) is 22.4 Å². The molecule has 47 heavy (non-hydrogen) atoms. The second-order valence-electron chi connectivity index (χ2n) is 12.7. The Hall–Kier alpha value is -3.80. The molecule has 5 N–H and O–H groups in total. The molecule has 1 aromatic heterocycles. The van der Waals surface area contributed by atoms with Crippen LogP contribution in [0.3, 0.4) is 0 Å². The van der Waals surface area contributed by atoms with Gasteiger partial charge in [-0.3, -0.25) is 24.0 Å². The van der Waals surface area contributed by atoms with Gasteiger partial charge in [0.1, 0.15) is 6.04 Å². The lowest BCUT2D eigenvalue weighted by Gasteiger charge is -2.22. The van der Waals surface area contributed by atoms with Gasteiger partial charge in [-0.25, -0.2) is 5.48 Å². The Balaban J connectivity index is 0.000000167. The molecule has 1 aliphatic heterocycles. The quantitative estimate of drug-likeness (QED) is 0.112. The van der Waals surface area contributed by atoms with E-state index in [1.54, 1.807) is 4.90 Å². The molecule has 6 rings (SSSR count). The molecule has 10 nitrogen and oxygen atoms in total. The number of allylic oxidation sites excluding steroid dienone is 2. The van der Waals surface area contributed by atoms with E-state index in [1.807, 2.05) is 61.5 Å². The van der Waals surface area contributed by atoms with Gasteiger partial charge in [0.15, 0.2) is 0 Å². The van der Waals surface area contributed by atoms with E-state index in [0.29, 0.717) is 25.4 Å². The minimum atomic E-state index is -0.425. The number of carbonyl (C=O) groups is 3. The Kier molecular flexibility index (Phi) is 13.8. The van der Waals surface area contributed by atoms with Crippen molar-refractivity contribution >= 4 is 39.3 Å². The zero-order valence-electron chi connectivity index (χ0n) is 27.5. The maximum atomic E-state index is 12.0. The monoisotopic (exact) mass is 663 g/mol. The van der Waals surface area contributed by atoms with Gasteiger partial charge in [-0.2, -0.15) is 0 Å². The molecule has 3 aliphatic rings. The number of fused-ring (bicyclic) bond motifs is 1. The summed E-state index contributed by atoms with van der Waals surface area (Å²) in [6.07, 6.45) is 14.0. The Morgan fingerprint density at radius 2 is 1.85 bits per heavy atom. The zero-order chi connectivity index (χ0) is 33.6. The first-order valence-electron chi connectivity index (χ1n) is 16.7. The fourth-order valence-corrected chi connectivity index (χ4v) is 6.04. The third-order valence-electron chi connectivity index (χ3n) is 8.56. The van der Waals surface area contributed by atoms with Gasteiger partial charge in [0, 0.05) is 19.0 Å². The Bertz CT molecular complexity index is 1500. The SMILES string of the molecule is CCCCC/C=C\C1CC1C(=O)NOC1(C)CC1.NC(=O)C1CCCN1C(=O)CNCc1ccccc1.O=c1[nH]c2ccccc2s1. The van der Waals surface area contributed by atoms with Gasteiger partial charge in [-0.1, -0.05) is 85.7 Å². The molecule has 11 heteroatoms. The molecule has 3 atom stereocenters. The van der Waals surface area contributed by atoms with Gasteiger partial charge in [-0.05, 0) is 75.5 Å². The van der Waals surface area contributed by atoms with Crippen LogP contribution in [0, 0.1) is 11.8 Å². The normalized spacial score (nSPS) is 20.6. The Morgan fingerprint density at radius 1 is 1.11 bits per heavy atom. The lowest BCUT2D eigenvalue weighted by Crippen LogP contribution is -2.46. The van der Waals surface area contributed by atoms with Gasteiger partial charge < -0.3 is 20.9 Å². The zero-order valence-corrected chi connectivity index (χ0v) is 28.4. The minimum Gasteiger partial charge on any atom is -0.368 e. The summed E-state index contributed by atoms with van der Waals surface area (Å²) in [5.41, 5.74) is 9.89. The number of aromatic amines is 1. The van der Waals surface area contributed by atoms with Crippen molar-refractivity contribution in [2.75, 3.05) is 13.1 Å². The number of para-hydroxylation sites is 1. The van der Waals surface area contributed by atoms with E-state index in [1.165, 1.54) is 30.6 Å². The van der Waals surface area contributed by atoms with Crippen molar-refractivity contribution in [3.8, 4) is 0 Å². The topological polar surface area (TPSA) is 147 Å². The minimum absolute atomic E-state index is 0.0150. The fraction of sp³-hybridized carbons (Fsp3) is 0.500. The van der Waals surface area contributed by atoms with Crippen molar-refractivity contribution in [2.45, 2.75) is 89.8 Å². The number of aromatic nitrogens is 1. The highest BCUT2D eigenvalue weighted by Crippen LogP contribution is 2.41. The number of benzene rings is 2. The molecule has 2 heterocycles. The third-order valence-corrected chi connectivity index (χ3v) is 9.43. The van der Waals surface area contributed by atoms with E-state index in [9.17, 15) is 19.2 Å². The average Bonchev–Trinajstić information content (AvgIpc) is 3.89. The fourth-order valence-electron chi connectivity index (χ4n) is 5.31. The van der Waals surface area contributed by atoms with Crippen molar-refractivity contribution < 1.29 is 19.2 Å². The molecule has 2 saturated carbocycles. The molecule has 0 spiro atoms. The maximum absolute atomic E-state index is 12.0. The van der Waals surface area contributed by atoms with Crippen LogP contribution in [0.4, 0.5) is 0 Å². The molecule has 3 fully saturated rings. The molecule has 2 aliphatic carbocycles. The smallest absolute Gasteiger partial charge is 0.305 e. The lowest BCUT2D eigenvalue weighted by molar-refractivity contribution is -0.141. The highest BCUT2D eigenvalue weighted by atomic mass is 32.1. The van der Waals surface area contributed by atoms with Crippen LogP contribution in [-0.4, -0.2) is 52.3 Å². The predicted octanol–water partition coefficient (Wildman–Crippen LogP) is 5.20. The molecule has 0 bridgehead atoms. The first-order valence-corrected chi connectivity index (χ1v) is 17.6. The van der Waals surface area contributed by atoms with Gasteiger partial charge in [0.2, 0.25) is 17.7 Å². The summed E-state index contributed by atoms with van der Waals surface area (Å²) in [7, 11) is 0. The van der Waals surface area contributed by atoms with Crippen LogP contribution in [0.15, 0.2) is 71.5 Å². The number of H-pyrrole nitrogens is 1. The van der Waals surface area contributed by atoms with Crippen molar-refractivity contribution in [3.63, 3.8) is 0 Å². The van der Waals surface area contributed by atoms with Crippen molar-refractivity contribution in [1.82, 2.24) is 20.7 Å². The number of rotatable bonds is 13. The van der Waals surface area contributed by atoms with E-state index in [-0.39, 0.29) is 34.8 Å². The number of primary amides is 1. The largest absolute Gasteiger partial charge is 0.368 e. The van der Waals surface area contributed by atoms with E-state index in [0.717, 1.165) is 47.9 Å². The molecule has 3 aromatic rings. The summed E-state index contributed by atoms with van der Waals surface area (Å²) in [6, 6.07) is 17.1. The second-order valence-corrected chi connectivity index (χ2v) is 13.7. The van der Waals surface area contributed by atoms with Gasteiger partial charge in [0.25, 0.3) is 0 Å². The van der Waals surface area contributed by atoms with E-state index in [2.05, 4.69) is 34.9 Å². The Labute approximate surface area is 281 Å². The Morgan fingerprint density at radius 3 is 2.55 bits per heavy atom. The number of carbonyl (C=O) groups excluding carboxylic acids is 3. The van der Waals surface area contributed by atoms with Crippen LogP contribution in [-0.2, 0) is 25.8 Å². The maximum Gasteiger partial charge on any atom is 0.305 e. The summed E-state index contributed by atoms with van der Waals surface area (Å²) in [4.78, 5) is 55.4. The molecule has 3 unspecified atom stereocenters. The molecule has 2 aromatic carbocycles. The van der Waals surface area contributed by atoms with Crippen molar-refractivity contribution in [3.05, 3.63) is 82.0 Å². The standard InChI is InChI=1S/C15H25NO2.C14H19N3O2.C7H5NOS/c1-3-4-5-6-7-8-12-11-13(12)14(17)16-18-15(2)9-10-15;15-14(19)12-7-4-8-17(12)13(18)10-16-9-11-5-2-1-3-6-11;9-7-8-5-3-1-2-4-6(5)10-7/h7-8,12-13H,3-6,9-11H2,1-2H3,(H,16,17);1-3,5-6,12,16H,4,7-10H2,(H2,15,19);1-4H,(H,8,9)/b8-7-;;. The highest BCUT2D eigenvalue weighted by molar-refractivity contribution is 7.16. The molecular formula is C36H49N5O5S. The van der Waals surface area contributed by atoms with Crippen LogP contribution in [0.1, 0.15) is 77.2 Å². The number of hydrogen-bond donors (Lipinski definition) is 4. The molecule has 1 saturated heterocycles. The summed E-state index contributed by atoms with van der Waals surface area (Å²) in [6.45, 7) is 5.75. The van der Waals surface area contributed by atoms with Gasteiger partial charge >= 0.3 is 4.87 Å². The lowest BCUT2D eigenvalue weighted by atomic mass is 10.2. The molecule has 3 amide bonds. The van der Waals surface area contributed by atoms with Crippen LogP contribution in [0.2, 0.25) is 0 Å². The number of thiazole rings is 1. The number of unbranched alkanes of at least 4 members (excludes halogenated alkanes) is 3. The molecular weight excluding hydrogens is 614 g/mol.